The Balaban J connectivity index is 2.30. The first-order valence-corrected chi connectivity index (χ1v) is 5.01. The van der Waals surface area contributed by atoms with Crippen molar-refractivity contribution in [3.63, 3.8) is 0 Å². The van der Waals surface area contributed by atoms with Gasteiger partial charge in [-0.05, 0) is 24.3 Å². The molecule has 1 N–H and O–H groups in total. The molecule has 0 saturated heterocycles. The van der Waals surface area contributed by atoms with E-state index in [0.29, 0.717) is 11.4 Å². The topological polar surface area (TPSA) is 64.1 Å². The number of hydrogen-bond donors (Lipinski definition) is 1. The Hall–Kier alpha value is -2.43. The van der Waals surface area contributed by atoms with E-state index < -0.39 is 5.97 Å². The van der Waals surface area contributed by atoms with Crippen LogP contribution < -0.4 is 5.32 Å². The van der Waals surface area contributed by atoms with Crippen LogP contribution in [0.25, 0.3) is 0 Å². The Bertz CT molecular complexity index is 514. The van der Waals surface area contributed by atoms with Crippen molar-refractivity contribution < 1.29 is 9.53 Å². The van der Waals surface area contributed by atoms with Crippen molar-refractivity contribution in [1.29, 1.82) is 0 Å². The van der Waals surface area contributed by atoms with Gasteiger partial charge in [-0.1, -0.05) is 0 Å². The lowest BCUT2D eigenvalue weighted by molar-refractivity contribution is 0.0601. The lowest BCUT2D eigenvalue weighted by Crippen LogP contribution is -2.07. The molecule has 0 unspecified atom stereocenters. The lowest BCUT2D eigenvalue weighted by Gasteiger charge is -2.08. The van der Waals surface area contributed by atoms with Crippen LogP contribution in [0.5, 0.6) is 0 Å². The predicted octanol–water partition coefficient (Wildman–Crippen LogP) is 2.01. The van der Waals surface area contributed by atoms with Crippen LogP contribution in [0.15, 0.2) is 42.9 Å². The summed E-state index contributed by atoms with van der Waals surface area (Å²) < 4.78 is 4.68. The third kappa shape index (κ3) is 2.57. The Kier molecular flexibility index (Phi) is 3.30. The van der Waals surface area contributed by atoms with Gasteiger partial charge >= 0.3 is 5.97 Å². The molecular weight excluding hydrogens is 218 g/mol. The molecule has 5 heteroatoms. The second-order valence-corrected chi connectivity index (χ2v) is 3.26. The van der Waals surface area contributed by atoms with Crippen molar-refractivity contribution in [2.45, 2.75) is 0 Å². The minimum atomic E-state index is -0.426. The van der Waals surface area contributed by atoms with Crippen molar-refractivity contribution in [2.24, 2.45) is 0 Å². The van der Waals surface area contributed by atoms with E-state index >= 15 is 0 Å². The number of anilines is 2. The van der Waals surface area contributed by atoms with Gasteiger partial charge in [0, 0.05) is 12.4 Å². The van der Waals surface area contributed by atoms with Gasteiger partial charge in [0.15, 0.2) is 0 Å². The molecule has 17 heavy (non-hydrogen) atoms. The van der Waals surface area contributed by atoms with Crippen LogP contribution in [0.2, 0.25) is 0 Å². The molecule has 0 aliphatic heterocycles. The lowest BCUT2D eigenvalue weighted by atomic mass is 10.2. The number of carbonyl (C=O) groups is 1. The molecule has 0 aliphatic carbocycles. The van der Waals surface area contributed by atoms with Crippen LogP contribution in [0.1, 0.15) is 10.4 Å². The minimum absolute atomic E-state index is 0.388. The standard InChI is InChI=1S/C12H11N3O2/c1-17-12(16)10-5-3-7-14-11(10)15-9-4-2-6-13-8-9/h2-8H,1H3,(H,14,15). The van der Waals surface area contributed by atoms with E-state index in [9.17, 15) is 4.79 Å². The van der Waals surface area contributed by atoms with Gasteiger partial charge in [-0.3, -0.25) is 4.98 Å². The Morgan fingerprint density at radius 1 is 1.29 bits per heavy atom. The molecule has 0 aliphatic rings. The molecule has 5 nitrogen and oxygen atoms in total. The van der Waals surface area contributed by atoms with E-state index in [1.54, 1.807) is 36.8 Å². The van der Waals surface area contributed by atoms with E-state index in [1.807, 2.05) is 6.07 Å². The van der Waals surface area contributed by atoms with Gasteiger partial charge in [0.05, 0.1) is 19.0 Å². The maximum atomic E-state index is 11.5. The molecule has 2 rings (SSSR count). The fraction of sp³-hybridized carbons (Fsp3) is 0.0833. The van der Waals surface area contributed by atoms with Gasteiger partial charge in [0.2, 0.25) is 0 Å². The normalized spacial score (nSPS) is 9.71. The molecule has 0 radical (unpaired) electrons. The number of aromatic nitrogens is 2. The summed E-state index contributed by atoms with van der Waals surface area (Å²) in [5.41, 5.74) is 1.15. The number of carbonyl (C=O) groups excluding carboxylic acids is 1. The van der Waals surface area contributed by atoms with Crippen LogP contribution >= 0.6 is 0 Å². The highest BCUT2D eigenvalue weighted by molar-refractivity contribution is 5.95. The average Bonchev–Trinajstić information content (AvgIpc) is 2.40. The molecule has 0 saturated carbocycles. The van der Waals surface area contributed by atoms with E-state index in [1.165, 1.54) is 7.11 Å². The largest absolute Gasteiger partial charge is 0.465 e. The first-order valence-electron chi connectivity index (χ1n) is 5.01. The van der Waals surface area contributed by atoms with Crippen LogP contribution in [-0.4, -0.2) is 23.0 Å². The van der Waals surface area contributed by atoms with Gasteiger partial charge in [-0.2, -0.15) is 0 Å². The molecule has 0 atom stereocenters. The van der Waals surface area contributed by atoms with E-state index in [-0.39, 0.29) is 0 Å². The van der Waals surface area contributed by atoms with E-state index in [0.717, 1.165) is 5.69 Å². The van der Waals surface area contributed by atoms with Gasteiger partial charge < -0.3 is 10.1 Å². The molecule has 2 aromatic rings. The number of methoxy groups -OCH3 is 1. The smallest absolute Gasteiger partial charge is 0.341 e. The summed E-state index contributed by atoms with van der Waals surface area (Å²) in [6.45, 7) is 0. The van der Waals surface area contributed by atoms with Gasteiger partial charge in [-0.15, -0.1) is 0 Å². The Morgan fingerprint density at radius 2 is 2.12 bits per heavy atom. The summed E-state index contributed by atoms with van der Waals surface area (Å²) in [7, 11) is 1.34. The molecule has 2 aromatic heterocycles. The zero-order valence-electron chi connectivity index (χ0n) is 9.25. The molecule has 0 fully saturated rings. The zero-order valence-corrected chi connectivity index (χ0v) is 9.25. The van der Waals surface area contributed by atoms with Crippen molar-refractivity contribution in [3.05, 3.63) is 48.4 Å². The molecule has 2 heterocycles. The fourth-order valence-corrected chi connectivity index (χ4v) is 1.35. The van der Waals surface area contributed by atoms with Crippen molar-refractivity contribution in [2.75, 3.05) is 12.4 Å². The summed E-state index contributed by atoms with van der Waals surface area (Å²) in [5.74, 6) is 0.0249. The Morgan fingerprint density at radius 3 is 2.82 bits per heavy atom. The van der Waals surface area contributed by atoms with E-state index in [4.69, 9.17) is 0 Å². The van der Waals surface area contributed by atoms with Crippen LogP contribution in [-0.2, 0) is 4.74 Å². The molecule has 0 spiro atoms. The summed E-state index contributed by atoms with van der Waals surface area (Å²) in [5, 5.41) is 3.01. The highest BCUT2D eigenvalue weighted by Crippen LogP contribution is 2.17. The van der Waals surface area contributed by atoms with Crippen molar-refractivity contribution in [3.8, 4) is 0 Å². The van der Waals surface area contributed by atoms with Crippen molar-refractivity contribution in [1.82, 2.24) is 9.97 Å². The highest BCUT2D eigenvalue weighted by atomic mass is 16.5. The number of esters is 1. The first-order chi connectivity index (χ1) is 8.31. The van der Waals surface area contributed by atoms with Crippen LogP contribution in [0.4, 0.5) is 11.5 Å². The zero-order chi connectivity index (χ0) is 12.1. The van der Waals surface area contributed by atoms with Crippen LogP contribution in [0.3, 0.4) is 0 Å². The number of nitrogens with zero attached hydrogens (tertiary/aromatic N) is 2. The summed E-state index contributed by atoms with van der Waals surface area (Å²) in [6, 6.07) is 6.96. The number of rotatable bonds is 3. The highest BCUT2D eigenvalue weighted by Gasteiger charge is 2.12. The second-order valence-electron chi connectivity index (χ2n) is 3.26. The SMILES string of the molecule is COC(=O)c1cccnc1Nc1cccnc1. The maximum Gasteiger partial charge on any atom is 0.341 e. The average molecular weight is 229 g/mol. The summed E-state index contributed by atoms with van der Waals surface area (Å²) in [6.07, 6.45) is 4.92. The van der Waals surface area contributed by atoms with E-state index in [2.05, 4.69) is 20.0 Å². The van der Waals surface area contributed by atoms with Gasteiger partial charge in [0.25, 0.3) is 0 Å². The number of pyridine rings is 2. The number of ether oxygens (including phenoxy) is 1. The quantitative estimate of drug-likeness (QED) is 0.815. The third-order valence-electron chi connectivity index (χ3n) is 2.14. The van der Waals surface area contributed by atoms with Gasteiger partial charge in [-0.25, -0.2) is 9.78 Å². The first kappa shape index (κ1) is 11.1. The second kappa shape index (κ2) is 5.07. The van der Waals surface area contributed by atoms with Gasteiger partial charge in [0.1, 0.15) is 11.4 Å². The maximum absolute atomic E-state index is 11.5. The number of hydrogen-bond acceptors (Lipinski definition) is 5. The molecule has 0 aromatic carbocycles. The van der Waals surface area contributed by atoms with Crippen molar-refractivity contribution >= 4 is 17.5 Å². The minimum Gasteiger partial charge on any atom is -0.465 e. The molecule has 0 amide bonds. The third-order valence-corrected chi connectivity index (χ3v) is 2.14. The summed E-state index contributed by atoms with van der Waals surface area (Å²) in [4.78, 5) is 19.6. The fourth-order valence-electron chi connectivity index (χ4n) is 1.35. The predicted molar refractivity (Wildman–Crippen MR) is 63.1 cm³/mol. The molecule has 86 valence electrons. The summed E-state index contributed by atoms with van der Waals surface area (Å²) >= 11 is 0. The van der Waals surface area contributed by atoms with Crippen LogP contribution in [0, 0.1) is 0 Å². The monoisotopic (exact) mass is 229 g/mol. The number of nitrogens with one attached hydrogen (secondary N) is 1. The Labute approximate surface area is 98.5 Å². The molecular formula is C12H11N3O2. The molecule has 0 bridgehead atoms.